The molecule has 1 atom stereocenters. The number of halogens is 3. The molecule has 0 aliphatic heterocycles. The Morgan fingerprint density at radius 2 is 1.83 bits per heavy atom. The highest BCUT2D eigenvalue weighted by Crippen LogP contribution is 2.21. The summed E-state index contributed by atoms with van der Waals surface area (Å²) in [7, 11) is 0. The van der Waals surface area contributed by atoms with E-state index in [4.69, 9.17) is 4.74 Å². The van der Waals surface area contributed by atoms with Gasteiger partial charge in [-0.1, -0.05) is 29.8 Å². The Hall–Kier alpha value is -1.07. The Morgan fingerprint density at radius 3 is 2.39 bits per heavy atom. The van der Waals surface area contributed by atoms with E-state index < -0.39 is 18.7 Å². The average molecular weight is 262 g/mol. The molecule has 1 N–H and O–H groups in total. The van der Waals surface area contributed by atoms with Crippen LogP contribution in [0.4, 0.5) is 13.2 Å². The summed E-state index contributed by atoms with van der Waals surface area (Å²) in [5.41, 5.74) is 1.79. The van der Waals surface area contributed by atoms with Gasteiger partial charge in [0.2, 0.25) is 0 Å². The fourth-order valence-corrected chi connectivity index (χ4v) is 1.45. The smallest absolute Gasteiger partial charge is 0.386 e. The van der Waals surface area contributed by atoms with Gasteiger partial charge in [-0.25, -0.2) is 0 Å². The molecule has 0 aliphatic rings. The lowest BCUT2D eigenvalue weighted by Gasteiger charge is -2.12. The molecule has 102 valence electrons. The van der Waals surface area contributed by atoms with Crippen molar-refractivity contribution in [1.29, 1.82) is 0 Å². The molecule has 1 aromatic carbocycles. The highest BCUT2D eigenvalue weighted by atomic mass is 19.4. The van der Waals surface area contributed by atoms with Crippen molar-refractivity contribution in [3.63, 3.8) is 0 Å². The number of hydrogen-bond acceptors (Lipinski definition) is 2. The van der Waals surface area contributed by atoms with Gasteiger partial charge in [0, 0.05) is 13.0 Å². The topological polar surface area (TPSA) is 29.5 Å². The largest absolute Gasteiger partial charge is 0.389 e. The van der Waals surface area contributed by atoms with Crippen LogP contribution in [-0.2, 0) is 4.74 Å². The number of ether oxygens (including phenoxy) is 1. The Bertz CT molecular complexity index is 346. The van der Waals surface area contributed by atoms with Crippen LogP contribution in [0.15, 0.2) is 24.3 Å². The summed E-state index contributed by atoms with van der Waals surface area (Å²) in [4.78, 5) is 0. The van der Waals surface area contributed by atoms with Crippen LogP contribution in [0.5, 0.6) is 0 Å². The van der Waals surface area contributed by atoms with Gasteiger partial charge in [-0.2, -0.15) is 13.2 Å². The lowest BCUT2D eigenvalue weighted by molar-refractivity contribution is -0.138. The number of hydrogen-bond donors (Lipinski definition) is 1. The summed E-state index contributed by atoms with van der Waals surface area (Å²) in [5, 5.41) is 9.72. The maximum Gasteiger partial charge on any atom is 0.389 e. The first kappa shape index (κ1) is 15.0. The Labute approximate surface area is 104 Å². The lowest BCUT2D eigenvalue weighted by atomic mass is 10.1. The first-order chi connectivity index (χ1) is 8.38. The molecule has 1 aromatic rings. The normalized spacial score (nSPS) is 13.6. The van der Waals surface area contributed by atoms with Gasteiger partial charge in [0.05, 0.1) is 6.61 Å². The molecule has 2 nitrogen and oxygen atoms in total. The number of aliphatic hydroxyl groups is 1. The van der Waals surface area contributed by atoms with Gasteiger partial charge in [-0.15, -0.1) is 0 Å². The second-order valence-electron chi connectivity index (χ2n) is 4.22. The van der Waals surface area contributed by atoms with Gasteiger partial charge in [-0.05, 0) is 18.9 Å². The third-order valence-electron chi connectivity index (χ3n) is 2.49. The Kier molecular flexibility index (Phi) is 5.62. The van der Waals surface area contributed by atoms with Crippen LogP contribution in [0, 0.1) is 6.92 Å². The number of aliphatic hydroxyl groups excluding tert-OH is 1. The molecule has 0 saturated heterocycles. The summed E-state index contributed by atoms with van der Waals surface area (Å²) >= 11 is 0. The fraction of sp³-hybridized carbons (Fsp3) is 0.538. The summed E-state index contributed by atoms with van der Waals surface area (Å²) in [6, 6.07) is 7.28. The minimum absolute atomic E-state index is 0.00241. The summed E-state index contributed by atoms with van der Waals surface area (Å²) < 4.78 is 40.5. The minimum Gasteiger partial charge on any atom is -0.386 e. The van der Waals surface area contributed by atoms with E-state index in [9.17, 15) is 18.3 Å². The lowest BCUT2D eigenvalue weighted by Crippen LogP contribution is -2.11. The number of rotatable bonds is 6. The van der Waals surface area contributed by atoms with Crippen molar-refractivity contribution >= 4 is 0 Å². The second-order valence-corrected chi connectivity index (χ2v) is 4.22. The molecule has 0 aromatic heterocycles. The molecule has 5 heteroatoms. The van der Waals surface area contributed by atoms with E-state index in [0.717, 1.165) is 5.56 Å². The van der Waals surface area contributed by atoms with E-state index in [0.29, 0.717) is 5.56 Å². The Balaban J connectivity index is 2.21. The Morgan fingerprint density at radius 1 is 1.22 bits per heavy atom. The van der Waals surface area contributed by atoms with Crippen molar-refractivity contribution in [2.24, 2.45) is 0 Å². The molecule has 0 aliphatic carbocycles. The van der Waals surface area contributed by atoms with Crippen LogP contribution in [-0.4, -0.2) is 24.5 Å². The molecule has 0 radical (unpaired) electrons. The minimum atomic E-state index is -4.14. The van der Waals surface area contributed by atoms with E-state index in [-0.39, 0.29) is 19.6 Å². The van der Waals surface area contributed by atoms with E-state index in [2.05, 4.69) is 0 Å². The van der Waals surface area contributed by atoms with Crippen molar-refractivity contribution in [1.82, 2.24) is 0 Å². The van der Waals surface area contributed by atoms with Gasteiger partial charge in [0.25, 0.3) is 0 Å². The van der Waals surface area contributed by atoms with E-state index >= 15 is 0 Å². The van der Waals surface area contributed by atoms with E-state index in [1.165, 1.54) is 0 Å². The van der Waals surface area contributed by atoms with E-state index in [1.807, 2.05) is 19.1 Å². The van der Waals surface area contributed by atoms with Crippen LogP contribution < -0.4 is 0 Å². The van der Waals surface area contributed by atoms with Crippen LogP contribution in [0.1, 0.15) is 30.1 Å². The van der Waals surface area contributed by atoms with Crippen LogP contribution in [0.25, 0.3) is 0 Å². The van der Waals surface area contributed by atoms with E-state index in [1.54, 1.807) is 12.1 Å². The molecule has 0 fully saturated rings. The number of alkyl halides is 3. The zero-order valence-corrected chi connectivity index (χ0v) is 10.2. The zero-order chi connectivity index (χ0) is 13.6. The first-order valence-corrected chi connectivity index (χ1v) is 5.77. The molecular weight excluding hydrogens is 245 g/mol. The first-order valence-electron chi connectivity index (χ1n) is 5.77. The average Bonchev–Trinajstić information content (AvgIpc) is 2.27. The standard InChI is InChI=1S/C13H17F3O2/c1-10-3-5-11(6-4-10)12(17)9-18-8-2-7-13(14,15)16/h3-6,12,17H,2,7-9H2,1H3. The van der Waals surface area contributed by atoms with Crippen LogP contribution in [0.3, 0.4) is 0 Å². The predicted molar refractivity (Wildman–Crippen MR) is 62.2 cm³/mol. The fourth-order valence-electron chi connectivity index (χ4n) is 1.45. The molecule has 0 spiro atoms. The van der Waals surface area contributed by atoms with Gasteiger partial charge in [-0.3, -0.25) is 0 Å². The quantitative estimate of drug-likeness (QED) is 0.796. The predicted octanol–water partition coefficient (Wildman–Crippen LogP) is 3.39. The van der Waals surface area contributed by atoms with Crippen molar-refractivity contribution in [3.8, 4) is 0 Å². The SMILES string of the molecule is Cc1ccc(C(O)COCCCC(F)(F)F)cc1. The molecule has 1 unspecified atom stereocenters. The molecule has 0 bridgehead atoms. The third-order valence-corrected chi connectivity index (χ3v) is 2.49. The van der Waals surface area contributed by atoms with Crippen molar-refractivity contribution < 1.29 is 23.0 Å². The van der Waals surface area contributed by atoms with Gasteiger partial charge >= 0.3 is 6.18 Å². The molecular formula is C13H17F3O2. The number of benzene rings is 1. The maximum atomic E-state index is 11.8. The summed E-state index contributed by atoms with van der Waals surface area (Å²) in [6.07, 6.45) is -5.87. The number of aryl methyl sites for hydroxylation is 1. The third kappa shape index (κ3) is 6.02. The second kappa shape index (κ2) is 6.75. The molecule has 0 saturated carbocycles. The molecule has 18 heavy (non-hydrogen) atoms. The highest BCUT2D eigenvalue weighted by Gasteiger charge is 2.25. The molecule has 0 amide bonds. The van der Waals surface area contributed by atoms with Crippen LogP contribution in [0.2, 0.25) is 0 Å². The molecule has 0 heterocycles. The van der Waals surface area contributed by atoms with Crippen molar-refractivity contribution in [3.05, 3.63) is 35.4 Å². The zero-order valence-electron chi connectivity index (χ0n) is 10.2. The van der Waals surface area contributed by atoms with Crippen molar-refractivity contribution in [2.75, 3.05) is 13.2 Å². The van der Waals surface area contributed by atoms with Gasteiger partial charge in [0.15, 0.2) is 0 Å². The molecule has 1 rings (SSSR count). The van der Waals surface area contributed by atoms with Gasteiger partial charge < -0.3 is 9.84 Å². The maximum absolute atomic E-state index is 11.8. The van der Waals surface area contributed by atoms with Gasteiger partial charge in [0.1, 0.15) is 6.10 Å². The monoisotopic (exact) mass is 262 g/mol. The highest BCUT2D eigenvalue weighted by molar-refractivity contribution is 5.23. The van der Waals surface area contributed by atoms with Crippen molar-refractivity contribution in [2.45, 2.75) is 32.0 Å². The summed E-state index contributed by atoms with van der Waals surface area (Å²) in [5.74, 6) is 0. The summed E-state index contributed by atoms with van der Waals surface area (Å²) in [6.45, 7) is 1.95. The van der Waals surface area contributed by atoms with Crippen LogP contribution >= 0.6 is 0 Å².